The number of aryl methyl sites for hydroxylation is 1. The Bertz CT molecular complexity index is 2180. The minimum atomic E-state index is -2.73. The van der Waals surface area contributed by atoms with Gasteiger partial charge in [0, 0.05) is 6.42 Å². The molecule has 0 heterocycles. The highest BCUT2D eigenvalue weighted by molar-refractivity contribution is 9.10. The largest absolute Gasteiger partial charge is 0.511 e. The number of hydrogen-bond donors (Lipinski definition) is 3. The third-order valence-electron chi connectivity index (χ3n) is 9.89. The predicted molar refractivity (Wildman–Crippen MR) is 202 cm³/mol. The van der Waals surface area contributed by atoms with Gasteiger partial charge in [-0.1, -0.05) is 6.58 Å². The summed E-state index contributed by atoms with van der Waals surface area (Å²) in [4.78, 5) is 52.8. The van der Waals surface area contributed by atoms with Crippen molar-refractivity contribution in [2.24, 2.45) is 5.92 Å². The number of rotatable bonds is 11. The molecule has 0 amide bonds. The maximum atomic E-state index is 13.8. The van der Waals surface area contributed by atoms with Crippen molar-refractivity contribution in [2.45, 2.75) is 74.7 Å². The number of benzene rings is 3. The topological polar surface area (TPSA) is 166 Å². The number of ether oxygens (including phenoxy) is 4. The van der Waals surface area contributed by atoms with Crippen LogP contribution in [-0.2, 0) is 16.0 Å². The lowest BCUT2D eigenvalue weighted by molar-refractivity contribution is -0.138. The SMILES string of the molecule is C=C1C=C(O)C(C(=O)Oc2c(C)c(C)c(C(=O)Oc3cc(C)c(C(=O)Oc4c(C)c(C)c(C(=O)O)c(C)c4C)c(C)c3CCC(F)F)c(O)c2Br)C(OC)=C1. The number of esters is 3. The molecule has 0 bridgehead atoms. The molecule has 1 aliphatic rings. The van der Waals surface area contributed by atoms with Crippen molar-refractivity contribution in [3.05, 3.63) is 113 Å². The second kappa shape index (κ2) is 16.5. The standard InChI is InChI=1S/C41H41BrF2O11/c1-16-13-26(45)33(28(14-16)52-10)41(51)55-37-23(8)20(5)32(35(46)34(37)42)40(50)53-27-15-17(2)30(24(9)25(27)11-12-29(43)44)39(49)54-36-21(6)18(3)31(38(47)48)19(4)22(36)7/h13-15,29,33,45-46H,1,11-12H2,2-10H3,(H,47,48). The monoisotopic (exact) mass is 826 g/mol. The van der Waals surface area contributed by atoms with Crippen molar-refractivity contribution in [2.75, 3.05) is 7.11 Å². The third-order valence-corrected chi connectivity index (χ3v) is 10.6. The summed E-state index contributed by atoms with van der Waals surface area (Å²) >= 11 is 3.20. The van der Waals surface area contributed by atoms with Crippen LogP contribution in [0.2, 0.25) is 0 Å². The molecule has 4 rings (SSSR count). The van der Waals surface area contributed by atoms with Crippen molar-refractivity contribution in [1.82, 2.24) is 0 Å². The average molecular weight is 828 g/mol. The van der Waals surface area contributed by atoms with Crippen molar-refractivity contribution >= 4 is 39.8 Å². The molecule has 0 radical (unpaired) electrons. The Morgan fingerprint density at radius 3 is 1.87 bits per heavy atom. The van der Waals surface area contributed by atoms with Gasteiger partial charge in [0.05, 0.1) is 18.2 Å². The molecule has 0 fully saturated rings. The number of hydrogen-bond acceptors (Lipinski definition) is 10. The van der Waals surface area contributed by atoms with E-state index in [-0.39, 0.29) is 84.2 Å². The zero-order valence-corrected chi connectivity index (χ0v) is 33.3. The summed E-state index contributed by atoms with van der Waals surface area (Å²) in [5.74, 6) is -6.36. The van der Waals surface area contributed by atoms with Gasteiger partial charge in [-0.25, -0.2) is 23.2 Å². The van der Waals surface area contributed by atoms with E-state index >= 15 is 0 Å². The molecule has 0 saturated heterocycles. The summed E-state index contributed by atoms with van der Waals surface area (Å²) in [6.45, 7) is 16.3. The lowest BCUT2D eigenvalue weighted by Crippen LogP contribution is -2.27. The Morgan fingerprint density at radius 2 is 1.33 bits per heavy atom. The summed E-state index contributed by atoms with van der Waals surface area (Å²) in [6, 6.07) is 1.34. The molecule has 0 aromatic heterocycles. The normalized spacial score (nSPS) is 14.0. The molecular weight excluding hydrogens is 786 g/mol. The number of aromatic hydroxyl groups is 1. The molecule has 1 aliphatic carbocycles. The van der Waals surface area contributed by atoms with E-state index in [0.717, 1.165) is 0 Å². The number of carboxylic acid groups (broad SMARTS) is 1. The summed E-state index contributed by atoms with van der Waals surface area (Å²) in [5, 5.41) is 31.4. The molecule has 0 saturated carbocycles. The second-order valence-electron chi connectivity index (χ2n) is 13.3. The van der Waals surface area contributed by atoms with Gasteiger partial charge in [-0.05, 0) is 152 Å². The van der Waals surface area contributed by atoms with Gasteiger partial charge in [-0.15, -0.1) is 0 Å². The van der Waals surface area contributed by atoms with E-state index in [1.807, 2.05) is 0 Å². The van der Waals surface area contributed by atoms with E-state index in [0.29, 0.717) is 27.8 Å². The smallest absolute Gasteiger partial charge is 0.347 e. The highest BCUT2D eigenvalue weighted by Crippen LogP contribution is 2.44. The zero-order valence-electron chi connectivity index (χ0n) is 31.7. The van der Waals surface area contributed by atoms with Crippen LogP contribution in [0, 0.1) is 61.3 Å². The molecule has 1 unspecified atom stereocenters. The number of carbonyl (C=O) groups is 4. The van der Waals surface area contributed by atoms with E-state index < -0.39 is 48.4 Å². The number of aliphatic hydroxyl groups is 1. The molecule has 55 heavy (non-hydrogen) atoms. The van der Waals surface area contributed by atoms with E-state index in [9.17, 15) is 43.3 Å². The number of allylic oxidation sites excluding steroid dienone is 3. The van der Waals surface area contributed by atoms with Crippen LogP contribution in [0.5, 0.6) is 23.0 Å². The molecule has 292 valence electrons. The first kappa shape index (κ1) is 42.2. The van der Waals surface area contributed by atoms with Crippen LogP contribution in [0.15, 0.2) is 46.4 Å². The van der Waals surface area contributed by atoms with Crippen molar-refractivity contribution in [3.8, 4) is 23.0 Å². The lowest BCUT2D eigenvalue weighted by Gasteiger charge is -2.23. The van der Waals surface area contributed by atoms with Gasteiger partial charge in [0.1, 0.15) is 38.8 Å². The maximum absolute atomic E-state index is 13.8. The molecule has 1 atom stereocenters. The Kier molecular flexibility index (Phi) is 12.7. The fourth-order valence-electron chi connectivity index (χ4n) is 6.59. The van der Waals surface area contributed by atoms with Gasteiger partial charge in [0.2, 0.25) is 6.43 Å². The molecule has 0 aliphatic heterocycles. The van der Waals surface area contributed by atoms with Crippen LogP contribution in [0.1, 0.15) is 87.6 Å². The number of phenolic OH excluding ortho intramolecular Hbond substituents is 1. The van der Waals surface area contributed by atoms with Crippen LogP contribution in [0.4, 0.5) is 8.78 Å². The number of phenols is 1. The van der Waals surface area contributed by atoms with Crippen molar-refractivity contribution < 1.29 is 62.2 Å². The number of halogens is 3. The van der Waals surface area contributed by atoms with Gasteiger partial charge in [-0.2, -0.15) is 0 Å². The number of alkyl halides is 2. The first-order chi connectivity index (χ1) is 25.6. The number of carboxylic acids is 1. The van der Waals surface area contributed by atoms with Crippen LogP contribution in [-0.4, -0.2) is 52.7 Å². The van der Waals surface area contributed by atoms with Gasteiger partial charge in [-0.3, -0.25) is 4.79 Å². The molecule has 3 aromatic carbocycles. The van der Waals surface area contributed by atoms with Crippen LogP contribution < -0.4 is 14.2 Å². The fourth-order valence-corrected chi connectivity index (χ4v) is 7.17. The van der Waals surface area contributed by atoms with E-state index in [2.05, 4.69) is 22.5 Å². The lowest BCUT2D eigenvalue weighted by atomic mass is 9.92. The third kappa shape index (κ3) is 8.14. The molecular formula is C41H41BrF2O11. The van der Waals surface area contributed by atoms with Crippen molar-refractivity contribution in [3.63, 3.8) is 0 Å². The Balaban J connectivity index is 1.73. The fraction of sp³-hybridized carbons (Fsp3) is 0.317. The van der Waals surface area contributed by atoms with Gasteiger partial charge in [0.25, 0.3) is 0 Å². The van der Waals surface area contributed by atoms with E-state index in [1.54, 1.807) is 34.6 Å². The summed E-state index contributed by atoms with van der Waals surface area (Å²) in [7, 11) is 1.31. The number of aromatic carboxylic acids is 1. The molecule has 14 heteroatoms. The van der Waals surface area contributed by atoms with Crippen LogP contribution in [0.3, 0.4) is 0 Å². The number of methoxy groups -OCH3 is 1. The first-order valence-corrected chi connectivity index (χ1v) is 17.7. The Morgan fingerprint density at radius 1 is 0.782 bits per heavy atom. The van der Waals surface area contributed by atoms with Crippen molar-refractivity contribution in [1.29, 1.82) is 0 Å². The maximum Gasteiger partial charge on any atom is 0.347 e. The number of aliphatic hydroxyl groups excluding tert-OH is 1. The Labute approximate surface area is 325 Å². The van der Waals surface area contributed by atoms with Crippen LogP contribution in [0.25, 0.3) is 0 Å². The number of carbonyl (C=O) groups excluding carboxylic acids is 3. The summed E-state index contributed by atoms with van der Waals surface area (Å²) in [5.41, 5.74) is 2.95. The van der Waals surface area contributed by atoms with E-state index in [4.69, 9.17) is 18.9 Å². The predicted octanol–water partition coefficient (Wildman–Crippen LogP) is 9.02. The minimum absolute atomic E-state index is 0.0407. The highest BCUT2D eigenvalue weighted by atomic mass is 79.9. The molecule has 3 aromatic rings. The molecule has 11 nitrogen and oxygen atoms in total. The van der Waals surface area contributed by atoms with Gasteiger partial charge in [0.15, 0.2) is 11.7 Å². The quantitative estimate of drug-likeness (QED) is 0.125. The van der Waals surface area contributed by atoms with Gasteiger partial charge >= 0.3 is 23.9 Å². The minimum Gasteiger partial charge on any atom is -0.511 e. The molecule has 0 spiro atoms. The highest BCUT2D eigenvalue weighted by Gasteiger charge is 2.35. The first-order valence-electron chi connectivity index (χ1n) is 16.9. The summed E-state index contributed by atoms with van der Waals surface area (Å²) < 4.78 is 49.4. The summed E-state index contributed by atoms with van der Waals surface area (Å²) in [6.07, 6.45) is -0.936. The van der Waals surface area contributed by atoms with E-state index in [1.165, 1.54) is 46.1 Å². The van der Waals surface area contributed by atoms with Gasteiger partial charge < -0.3 is 34.3 Å². The zero-order chi connectivity index (χ0) is 41.4. The Hall–Kier alpha value is -5.50. The molecule has 3 N–H and O–H groups in total. The second-order valence-corrected chi connectivity index (χ2v) is 14.0. The van der Waals surface area contributed by atoms with Crippen LogP contribution >= 0.6 is 15.9 Å². The average Bonchev–Trinajstić information content (AvgIpc) is 3.09.